The lowest BCUT2D eigenvalue weighted by molar-refractivity contribution is -0.152. The van der Waals surface area contributed by atoms with Crippen molar-refractivity contribution >= 4 is 40.9 Å². The minimum absolute atomic E-state index is 0.266. The van der Waals surface area contributed by atoms with Gasteiger partial charge in [-0.05, 0) is 39.2 Å². The highest BCUT2D eigenvalue weighted by molar-refractivity contribution is 6.53. The van der Waals surface area contributed by atoms with Crippen LogP contribution in [0, 0.1) is 30.6 Å². The van der Waals surface area contributed by atoms with Crippen LogP contribution in [0.3, 0.4) is 0 Å². The number of esters is 1. The van der Waals surface area contributed by atoms with Gasteiger partial charge in [0, 0.05) is 18.2 Å². The number of hydrogen-bond donors (Lipinski definition) is 1. The van der Waals surface area contributed by atoms with Crippen LogP contribution in [0.4, 0.5) is 5.82 Å². The predicted octanol–water partition coefficient (Wildman–Crippen LogP) is 4.16. The second-order valence-electron chi connectivity index (χ2n) is 7.69. The summed E-state index contributed by atoms with van der Waals surface area (Å²) in [5, 5.41) is 12.3. The van der Waals surface area contributed by atoms with E-state index in [0.29, 0.717) is 17.8 Å². The molecule has 1 aromatic rings. The molecule has 27 heavy (non-hydrogen) atoms. The third kappa shape index (κ3) is 3.43. The molecular weight excluding hydrogens is 389 g/mol. The quantitative estimate of drug-likeness (QED) is 0.582. The van der Waals surface area contributed by atoms with Gasteiger partial charge in [0.2, 0.25) is 0 Å². The van der Waals surface area contributed by atoms with Crippen LogP contribution in [0.5, 0.6) is 0 Å². The highest BCUT2D eigenvalue weighted by Crippen LogP contribution is 2.64. The Morgan fingerprint density at radius 3 is 2.44 bits per heavy atom. The lowest BCUT2D eigenvalue weighted by Gasteiger charge is -2.19. The molecule has 0 aromatic carbocycles. The van der Waals surface area contributed by atoms with Crippen LogP contribution in [0.2, 0.25) is 0 Å². The molecular formula is C19H23Cl2N3O3. The van der Waals surface area contributed by atoms with Crippen molar-refractivity contribution in [3.8, 4) is 6.07 Å². The molecule has 6 nitrogen and oxygen atoms in total. The Balaban J connectivity index is 1.73. The van der Waals surface area contributed by atoms with Gasteiger partial charge in [0.25, 0.3) is 5.91 Å². The standard InChI is InChI=1S/C19H23Cl2N3O3/c1-11-12(2)24(13-6-4-5-7-13)16(14(11)8-22)23-15(25)9-27-17(26)18(3)10-19(18,20)21/h13H,4-7,9-10H2,1-3H3,(H,23,25). The fraction of sp³-hybridized carbons (Fsp3) is 0.632. The van der Waals surface area contributed by atoms with Crippen molar-refractivity contribution in [1.29, 1.82) is 5.26 Å². The Labute approximate surface area is 168 Å². The van der Waals surface area contributed by atoms with Gasteiger partial charge in [-0.1, -0.05) is 12.8 Å². The van der Waals surface area contributed by atoms with Crippen LogP contribution < -0.4 is 5.32 Å². The van der Waals surface area contributed by atoms with Gasteiger partial charge in [-0.2, -0.15) is 5.26 Å². The SMILES string of the molecule is Cc1c(C#N)c(NC(=O)COC(=O)C2(C)CC2(Cl)Cl)n(C2CCCC2)c1C. The summed E-state index contributed by atoms with van der Waals surface area (Å²) < 4.78 is 6.01. The van der Waals surface area contributed by atoms with Gasteiger partial charge in [0.1, 0.15) is 21.6 Å². The molecule has 0 spiro atoms. The predicted molar refractivity (Wildman–Crippen MR) is 103 cm³/mol. The largest absolute Gasteiger partial charge is 0.455 e. The first-order valence-electron chi connectivity index (χ1n) is 9.09. The molecule has 1 N–H and O–H groups in total. The van der Waals surface area contributed by atoms with Crippen LogP contribution in [0.1, 0.15) is 61.9 Å². The number of carbonyl (C=O) groups excluding carboxylic acids is 2. The minimum atomic E-state index is -1.14. The molecule has 1 amide bonds. The first kappa shape index (κ1) is 20.0. The first-order valence-corrected chi connectivity index (χ1v) is 9.84. The summed E-state index contributed by atoms with van der Waals surface area (Å²) in [6.45, 7) is 5.00. The molecule has 2 fully saturated rings. The fourth-order valence-corrected chi connectivity index (χ4v) is 4.47. The number of anilines is 1. The number of nitriles is 1. The summed E-state index contributed by atoms with van der Waals surface area (Å²) >= 11 is 11.9. The number of rotatable bonds is 5. The maximum Gasteiger partial charge on any atom is 0.315 e. The molecule has 2 saturated carbocycles. The number of nitrogens with one attached hydrogen (secondary N) is 1. The lowest BCUT2D eigenvalue weighted by atomic mass is 10.1. The van der Waals surface area contributed by atoms with Gasteiger partial charge in [-0.25, -0.2) is 0 Å². The van der Waals surface area contributed by atoms with E-state index in [9.17, 15) is 14.9 Å². The smallest absolute Gasteiger partial charge is 0.315 e. The van der Waals surface area contributed by atoms with E-state index in [4.69, 9.17) is 27.9 Å². The van der Waals surface area contributed by atoms with Crippen LogP contribution >= 0.6 is 23.2 Å². The number of hydrogen-bond acceptors (Lipinski definition) is 4. The average molecular weight is 412 g/mol. The molecule has 1 unspecified atom stereocenters. The van der Waals surface area contributed by atoms with E-state index < -0.39 is 28.2 Å². The minimum Gasteiger partial charge on any atom is -0.455 e. The highest BCUT2D eigenvalue weighted by atomic mass is 35.5. The van der Waals surface area contributed by atoms with Crippen molar-refractivity contribution in [1.82, 2.24) is 4.57 Å². The van der Waals surface area contributed by atoms with Gasteiger partial charge in [-0.15, -0.1) is 23.2 Å². The molecule has 2 aliphatic rings. The zero-order valence-electron chi connectivity index (χ0n) is 15.7. The number of amides is 1. The van der Waals surface area contributed by atoms with E-state index in [-0.39, 0.29) is 6.04 Å². The molecule has 2 aliphatic carbocycles. The Bertz CT molecular complexity index is 834. The van der Waals surface area contributed by atoms with Crippen LogP contribution in [-0.4, -0.2) is 27.4 Å². The van der Waals surface area contributed by atoms with Gasteiger partial charge >= 0.3 is 5.97 Å². The summed E-state index contributed by atoms with van der Waals surface area (Å²) in [4.78, 5) is 24.5. The monoisotopic (exact) mass is 411 g/mol. The van der Waals surface area contributed by atoms with Crippen LogP contribution in [0.25, 0.3) is 0 Å². The molecule has 0 aliphatic heterocycles. The Hall–Kier alpha value is -1.71. The number of carbonyl (C=O) groups is 2. The van der Waals surface area contributed by atoms with Crippen molar-refractivity contribution in [3.63, 3.8) is 0 Å². The summed E-state index contributed by atoms with van der Waals surface area (Å²) in [7, 11) is 0. The zero-order chi connectivity index (χ0) is 20.0. The molecule has 1 heterocycles. The number of nitrogens with zero attached hydrogens (tertiary/aromatic N) is 2. The van der Waals surface area contributed by atoms with Gasteiger partial charge in [0.05, 0.1) is 5.56 Å². The van der Waals surface area contributed by atoms with E-state index in [0.717, 1.165) is 36.9 Å². The highest BCUT2D eigenvalue weighted by Gasteiger charge is 2.69. The summed E-state index contributed by atoms with van der Waals surface area (Å²) in [6, 6.07) is 2.45. The van der Waals surface area contributed by atoms with E-state index in [2.05, 4.69) is 11.4 Å². The molecule has 0 radical (unpaired) electrons. The van der Waals surface area contributed by atoms with Gasteiger partial charge < -0.3 is 14.6 Å². The van der Waals surface area contributed by atoms with E-state index >= 15 is 0 Å². The molecule has 146 valence electrons. The Morgan fingerprint density at radius 2 is 1.93 bits per heavy atom. The van der Waals surface area contributed by atoms with Crippen LogP contribution in [0.15, 0.2) is 0 Å². The first-order chi connectivity index (χ1) is 12.6. The lowest BCUT2D eigenvalue weighted by Crippen LogP contribution is -2.28. The van der Waals surface area contributed by atoms with Gasteiger partial charge in [-0.3, -0.25) is 9.59 Å². The zero-order valence-corrected chi connectivity index (χ0v) is 17.2. The number of halogens is 2. The number of ether oxygens (including phenoxy) is 1. The second kappa shape index (κ2) is 7.03. The topological polar surface area (TPSA) is 84.1 Å². The Kier molecular flexibility index (Phi) is 5.22. The molecule has 1 aromatic heterocycles. The molecule has 8 heteroatoms. The molecule has 3 rings (SSSR count). The van der Waals surface area contributed by atoms with Crippen molar-refractivity contribution in [2.24, 2.45) is 5.41 Å². The van der Waals surface area contributed by atoms with E-state index in [1.54, 1.807) is 6.92 Å². The maximum atomic E-state index is 12.4. The van der Waals surface area contributed by atoms with E-state index in [1.807, 2.05) is 18.4 Å². The summed E-state index contributed by atoms with van der Waals surface area (Å²) in [6.07, 6.45) is 4.59. The van der Waals surface area contributed by atoms with Crippen molar-refractivity contribution in [2.75, 3.05) is 11.9 Å². The van der Waals surface area contributed by atoms with Gasteiger partial charge in [0.15, 0.2) is 6.61 Å². The molecule has 1 atom stereocenters. The maximum absolute atomic E-state index is 12.4. The second-order valence-corrected chi connectivity index (χ2v) is 9.18. The number of aromatic nitrogens is 1. The summed E-state index contributed by atoms with van der Waals surface area (Å²) in [5.41, 5.74) is 1.31. The van der Waals surface area contributed by atoms with E-state index in [1.165, 1.54) is 0 Å². The number of alkyl halides is 2. The third-order valence-corrected chi connectivity index (χ3v) is 6.96. The van der Waals surface area contributed by atoms with Crippen molar-refractivity contribution in [2.45, 2.75) is 63.3 Å². The average Bonchev–Trinajstić information content (AvgIpc) is 2.98. The van der Waals surface area contributed by atoms with Crippen LogP contribution in [-0.2, 0) is 14.3 Å². The molecule has 0 saturated heterocycles. The fourth-order valence-electron chi connectivity index (χ4n) is 3.79. The van der Waals surface area contributed by atoms with Crippen molar-refractivity contribution in [3.05, 3.63) is 16.8 Å². The van der Waals surface area contributed by atoms with Crippen molar-refractivity contribution < 1.29 is 14.3 Å². The third-order valence-electron chi connectivity index (χ3n) is 5.86. The Morgan fingerprint density at radius 1 is 1.33 bits per heavy atom. The molecule has 0 bridgehead atoms. The summed E-state index contributed by atoms with van der Waals surface area (Å²) in [5.74, 6) is -0.598. The normalized spacial score (nSPS) is 23.7.